The van der Waals surface area contributed by atoms with E-state index in [9.17, 15) is 5.11 Å². The molecule has 0 heterocycles. The third-order valence-electron chi connectivity index (χ3n) is 3.66. The second kappa shape index (κ2) is 10.1. The Hall–Kier alpha value is 0.319. The van der Waals surface area contributed by atoms with Crippen molar-refractivity contribution in [3.8, 4) is 9.86 Å². The van der Waals surface area contributed by atoms with E-state index in [1.807, 2.05) is 13.8 Å². The molecule has 0 rings (SSSR count). The van der Waals surface area contributed by atoms with Crippen LogP contribution in [0.5, 0.6) is 0 Å². The van der Waals surface area contributed by atoms with Crippen molar-refractivity contribution in [2.24, 2.45) is 0 Å². The molecule has 0 unspecified atom stereocenters. The summed E-state index contributed by atoms with van der Waals surface area (Å²) in [4.78, 5) is 0. The maximum atomic E-state index is 9.92. The molecule has 0 aromatic carbocycles. The van der Waals surface area contributed by atoms with Crippen LogP contribution in [-0.4, -0.2) is 29.1 Å². The molecule has 0 fully saturated rings. The predicted octanol–water partition coefficient (Wildman–Crippen LogP) is 5.15. The van der Waals surface area contributed by atoms with Crippen LogP contribution < -0.4 is 0 Å². The van der Waals surface area contributed by atoms with Crippen molar-refractivity contribution in [2.45, 2.75) is 92.1 Å². The van der Waals surface area contributed by atoms with Gasteiger partial charge in [-0.3, -0.25) is 0 Å². The van der Waals surface area contributed by atoms with Crippen LogP contribution in [-0.2, 0) is 0 Å². The molecule has 0 atom stereocenters. The van der Waals surface area contributed by atoms with E-state index in [2.05, 4.69) is 30.6 Å². The molecule has 0 aliphatic carbocycles. The van der Waals surface area contributed by atoms with E-state index in [1.165, 1.54) is 51.8 Å². The minimum atomic E-state index is -2.32. The fraction of sp³-hybridized carbons (Fsp3) is 0.882. The summed E-state index contributed by atoms with van der Waals surface area (Å²) in [6, 6.07) is 0. The normalized spacial score (nSPS) is 12.1. The van der Waals surface area contributed by atoms with Gasteiger partial charge in [0.2, 0.25) is 0 Å². The molecule has 0 radical (unpaired) electrons. The van der Waals surface area contributed by atoms with E-state index in [0.717, 1.165) is 0 Å². The van der Waals surface area contributed by atoms with Crippen molar-refractivity contribution in [3.05, 3.63) is 0 Å². The topological polar surface area (TPSA) is 20.2 Å². The van der Waals surface area contributed by atoms with Crippen LogP contribution in [0.25, 0.3) is 0 Å². The number of aliphatic hydroxyl groups is 1. The Morgan fingerprint density at radius 1 is 0.842 bits per heavy atom. The fourth-order valence-corrected chi connectivity index (χ4v) is 16.1. The first-order valence-electron chi connectivity index (χ1n) is 8.16. The van der Waals surface area contributed by atoms with Crippen molar-refractivity contribution >= 4 is 18.4 Å². The Kier molecular flexibility index (Phi) is 10.3. The Morgan fingerprint density at radius 2 is 1.21 bits per heavy atom. The summed E-state index contributed by atoms with van der Waals surface area (Å²) in [5.41, 5.74) is -0.813. The number of hydrogen-bond donors (Lipinski definition) is 1. The third-order valence-corrected chi connectivity index (χ3v) is 16.8. The van der Waals surface area contributed by atoms with E-state index in [-0.39, 0.29) is 0 Å². The van der Waals surface area contributed by atoms with Crippen LogP contribution in [0.3, 0.4) is 0 Å². The summed E-state index contributed by atoms with van der Waals surface area (Å²) in [5.74, 6) is 3.19. The molecule has 0 aromatic rings. The van der Waals surface area contributed by atoms with Gasteiger partial charge in [0.25, 0.3) is 0 Å². The second-order valence-electron chi connectivity index (χ2n) is 6.40. The molecule has 0 aliphatic rings. The quantitative estimate of drug-likeness (QED) is 0.438. The van der Waals surface area contributed by atoms with E-state index in [1.54, 1.807) is 0 Å². The van der Waals surface area contributed by atoms with E-state index < -0.39 is 24.0 Å². The molecule has 112 valence electrons. The van der Waals surface area contributed by atoms with Gasteiger partial charge in [-0.1, -0.05) is 0 Å². The molecule has 0 saturated heterocycles. The monoisotopic (exact) mass is 374 g/mol. The summed E-state index contributed by atoms with van der Waals surface area (Å²) < 4.78 is 7.88. The van der Waals surface area contributed by atoms with E-state index in [4.69, 9.17) is 0 Å². The number of hydrogen-bond acceptors (Lipinski definition) is 1. The maximum absolute atomic E-state index is 9.92. The summed E-state index contributed by atoms with van der Waals surface area (Å²) in [6.07, 6.45) is 7.85. The SMILES string of the molecule is CCC[CH2][Sn]([C]#CC(C)(C)O)([CH2]CCC)[CH2]CCC. The molecular weight excluding hydrogens is 339 g/mol. The van der Waals surface area contributed by atoms with Crippen LogP contribution >= 0.6 is 0 Å². The van der Waals surface area contributed by atoms with Gasteiger partial charge in [0.15, 0.2) is 0 Å². The van der Waals surface area contributed by atoms with E-state index in [0.29, 0.717) is 0 Å². The average Bonchev–Trinajstić information content (AvgIpc) is 2.36. The van der Waals surface area contributed by atoms with Gasteiger partial charge >= 0.3 is 125 Å². The zero-order valence-corrected chi connectivity index (χ0v) is 16.7. The van der Waals surface area contributed by atoms with E-state index >= 15 is 0 Å². The summed E-state index contributed by atoms with van der Waals surface area (Å²) in [5, 5.41) is 9.92. The molecule has 0 saturated carbocycles. The number of rotatable bonds is 9. The predicted molar refractivity (Wildman–Crippen MR) is 89.0 cm³/mol. The summed E-state index contributed by atoms with van der Waals surface area (Å²) in [6.45, 7) is 10.5. The second-order valence-corrected chi connectivity index (χ2v) is 18.7. The van der Waals surface area contributed by atoms with Crippen molar-refractivity contribution in [1.82, 2.24) is 0 Å². The van der Waals surface area contributed by atoms with Gasteiger partial charge in [0.1, 0.15) is 0 Å². The molecule has 1 N–H and O–H groups in total. The van der Waals surface area contributed by atoms with Gasteiger partial charge in [-0.25, -0.2) is 0 Å². The van der Waals surface area contributed by atoms with Crippen LogP contribution in [0.4, 0.5) is 0 Å². The molecule has 2 heteroatoms. The first-order valence-corrected chi connectivity index (χ1v) is 15.6. The third kappa shape index (κ3) is 9.79. The Balaban J connectivity index is 5.00. The molecule has 0 aliphatic heterocycles. The van der Waals surface area contributed by atoms with Crippen LogP contribution in [0.1, 0.15) is 73.1 Å². The van der Waals surface area contributed by atoms with Crippen molar-refractivity contribution in [3.63, 3.8) is 0 Å². The first-order chi connectivity index (χ1) is 8.89. The van der Waals surface area contributed by atoms with Crippen LogP contribution in [0, 0.1) is 9.86 Å². The zero-order chi connectivity index (χ0) is 14.8. The summed E-state index contributed by atoms with van der Waals surface area (Å²) >= 11 is -2.32. The minimum absolute atomic E-state index is 0.813. The number of unbranched alkanes of at least 4 members (excludes halogenated alkanes) is 3. The molecule has 19 heavy (non-hydrogen) atoms. The van der Waals surface area contributed by atoms with Crippen molar-refractivity contribution < 1.29 is 5.11 Å². The Labute approximate surface area is 125 Å². The summed E-state index contributed by atoms with van der Waals surface area (Å²) in [7, 11) is 0. The Morgan fingerprint density at radius 3 is 1.47 bits per heavy atom. The molecule has 0 bridgehead atoms. The fourth-order valence-electron chi connectivity index (χ4n) is 2.39. The molecule has 1 nitrogen and oxygen atoms in total. The van der Waals surface area contributed by atoms with Crippen molar-refractivity contribution in [1.29, 1.82) is 0 Å². The molecule has 0 spiro atoms. The van der Waals surface area contributed by atoms with Crippen molar-refractivity contribution in [2.75, 3.05) is 0 Å². The van der Waals surface area contributed by atoms with Crippen LogP contribution in [0.15, 0.2) is 0 Å². The van der Waals surface area contributed by atoms with Gasteiger partial charge < -0.3 is 0 Å². The molecule has 0 aromatic heterocycles. The van der Waals surface area contributed by atoms with Gasteiger partial charge in [0.05, 0.1) is 0 Å². The zero-order valence-electron chi connectivity index (χ0n) is 13.8. The first kappa shape index (κ1) is 19.3. The van der Waals surface area contributed by atoms with Gasteiger partial charge in [0, 0.05) is 0 Å². The molecular formula is C17H34OSn. The van der Waals surface area contributed by atoms with Crippen LogP contribution in [0.2, 0.25) is 13.3 Å². The van der Waals surface area contributed by atoms with Gasteiger partial charge in [-0.15, -0.1) is 0 Å². The van der Waals surface area contributed by atoms with Gasteiger partial charge in [-0.05, 0) is 0 Å². The Bertz CT molecular complexity index is 258. The standard InChI is InChI=1S/C5H7O.3C4H9.Sn/c1-4-5(2,3)6;3*1-3-4-2;/h6H,2-3H3;3*1,3-4H2,2H3;. The average molecular weight is 373 g/mol. The molecule has 0 amide bonds. The van der Waals surface area contributed by atoms with Gasteiger partial charge in [-0.2, -0.15) is 0 Å².